The molecule has 0 N–H and O–H groups in total. The van der Waals surface area contributed by atoms with Gasteiger partial charge in [-0.05, 0) is 19.1 Å². The quantitative estimate of drug-likeness (QED) is 0.776. The van der Waals surface area contributed by atoms with Gasteiger partial charge in [-0.1, -0.05) is 12.1 Å². The molecule has 20 heavy (non-hydrogen) atoms. The number of hydrogen-bond acceptors (Lipinski definition) is 4. The molecule has 0 radical (unpaired) electrons. The van der Waals surface area contributed by atoms with E-state index in [2.05, 4.69) is 0 Å². The summed E-state index contributed by atoms with van der Waals surface area (Å²) in [5.41, 5.74) is 1.40. The van der Waals surface area contributed by atoms with Crippen molar-refractivity contribution in [2.24, 2.45) is 0 Å². The summed E-state index contributed by atoms with van der Waals surface area (Å²) in [4.78, 5) is 24.4. The van der Waals surface area contributed by atoms with E-state index in [4.69, 9.17) is 10.00 Å². The van der Waals surface area contributed by atoms with Gasteiger partial charge in [0.1, 0.15) is 12.6 Å². The second-order valence-electron chi connectivity index (χ2n) is 5.09. The summed E-state index contributed by atoms with van der Waals surface area (Å²) in [6, 6.07) is 8.89. The SMILES string of the molecule is COC(=O)[N+]1(Cc2ccc(C#N)cc2)C(=O)CC[C@H]1C. The van der Waals surface area contributed by atoms with Crippen LogP contribution in [0.5, 0.6) is 0 Å². The van der Waals surface area contributed by atoms with Gasteiger partial charge in [0, 0.05) is 12.0 Å². The van der Waals surface area contributed by atoms with E-state index < -0.39 is 6.09 Å². The number of hydrogen-bond donors (Lipinski definition) is 0. The molecule has 0 bridgehead atoms. The lowest BCUT2D eigenvalue weighted by Gasteiger charge is -2.31. The Labute approximate surface area is 118 Å². The largest absolute Gasteiger partial charge is 0.523 e. The van der Waals surface area contributed by atoms with Gasteiger partial charge in [0.2, 0.25) is 0 Å². The highest BCUT2D eigenvalue weighted by molar-refractivity contribution is 5.82. The number of benzene rings is 1. The summed E-state index contributed by atoms with van der Waals surface area (Å²) in [5.74, 6) is -0.103. The van der Waals surface area contributed by atoms with Crippen LogP contribution in [0.25, 0.3) is 0 Å². The first-order valence-corrected chi connectivity index (χ1v) is 6.53. The van der Waals surface area contributed by atoms with E-state index in [1.165, 1.54) is 7.11 Å². The second kappa shape index (κ2) is 5.43. The standard InChI is InChI=1S/C15H17N2O3/c1-11-3-8-14(18)17(11,15(19)20-2)10-13-6-4-12(9-16)5-7-13/h4-7,11H,3,8,10H2,1-2H3/q+1/t11-,17?/m1/s1. The van der Waals surface area contributed by atoms with Gasteiger partial charge in [-0.3, -0.25) is 0 Å². The average Bonchev–Trinajstić information content (AvgIpc) is 2.76. The number of carbonyl (C=O) groups excluding carboxylic acids is 2. The molecule has 1 fully saturated rings. The number of ether oxygens (including phenoxy) is 1. The molecule has 1 saturated heterocycles. The maximum Gasteiger partial charge on any atom is 0.523 e. The molecule has 2 rings (SSSR count). The fourth-order valence-electron chi connectivity index (χ4n) is 2.72. The van der Waals surface area contributed by atoms with Crippen LogP contribution in [-0.2, 0) is 16.1 Å². The Balaban J connectivity index is 2.36. The Bertz CT molecular complexity index is 574. The van der Waals surface area contributed by atoms with Gasteiger partial charge < -0.3 is 4.74 Å². The van der Waals surface area contributed by atoms with E-state index in [0.29, 0.717) is 18.4 Å². The molecule has 1 aromatic rings. The van der Waals surface area contributed by atoms with E-state index in [0.717, 1.165) is 5.56 Å². The highest BCUT2D eigenvalue weighted by atomic mass is 16.5. The topological polar surface area (TPSA) is 67.2 Å². The number of amides is 2. The van der Waals surface area contributed by atoms with Gasteiger partial charge in [-0.2, -0.15) is 14.5 Å². The van der Waals surface area contributed by atoms with Crippen LogP contribution in [0.1, 0.15) is 30.9 Å². The van der Waals surface area contributed by atoms with Gasteiger partial charge in [-0.25, -0.2) is 4.79 Å². The third-order valence-electron chi connectivity index (χ3n) is 3.99. The summed E-state index contributed by atoms with van der Waals surface area (Å²) < 4.78 is 4.57. The molecule has 1 heterocycles. The molecule has 0 aromatic heterocycles. The van der Waals surface area contributed by atoms with Crippen LogP contribution in [0.2, 0.25) is 0 Å². The normalized spacial score (nSPS) is 25.2. The number of nitriles is 1. The van der Waals surface area contributed by atoms with E-state index in [9.17, 15) is 9.59 Å². The van der Waals surface area contributed by atoms with Crippen molar-refractivity contribution in [3.8, 4) is 6.07 Å². The molecular formula is C15H17N2O3+. The van der Waals surface area contributed by atoms with Crippen LogP contribution in [-0.4, -0.2) is 29.6 Å². The Morgan fingerprint density at radius 1 is 1.45 bits per heavy atom. The molecule has 2 atom stereocenters. The summed E-state index contributed by atoms with van der Waals surface area (Å²) in [7, 11) is 1.30. The minimum absolute atomic E-state index is 0.0920. The van der Waals surface area contributed by atoms with Crippen molar-refractivity contribution in [2.75, 3.05) is 7.11 Å². The summed E-state index contributed by atoms with van der Waals surface area (Å²) >= 11 is 0. The van der Waals surface area contributed by atoms with Gasteiger partial charge >= 0.3 is 12.0 Å². The average molecular weight is 273 g/mol. The van der Waals surface area contributed by atoms with Crippen molar-refractivity contribution >= 4 is 12.0 Å². The van der Waals surface area contributed by atoms with E-state index in [1.54, 1.807) is 24.3 Å². The fourth-order valence-corrected chi connectivity index (χ4v) is 2.72. The van der Waals surface area contributed by atoms with Crippen molar-refractivity contribution in [2.45, 2.75) is 32.4 Å². The van der Waals surface area contributed by atoms with Gasteiger partial charge in [0.05, 0.1) is 25.2 Å². The zero-order chi connectivity index (χ0) is 14.8. The van der Waals surface area contributed by atoms with Crippen LogP contribution >= 0.6 is 0 Å². The first kappa shape index (κ1) is 14.2. The molecule has 1 aliphatic heterocycles. The van der Waals surface area contributed by atoms with Crippen LogP contribution in [0.3, 0.4) is 0 Å². The number of imide groups is 1. The van der Waals surface area contributed by atoms with E-state index >= 15 is 0 Å². The molecule has 104 valence electrons. The lowest BCUT2D eigenvalue weighted by molar-refractivity contribution is -0.811. The number of methoxy groups -OCH3 is 1. The van der Waals surface area contributed by atoms with Crippen molar-refractivity contribution in [1.82, 2.24) is 0 Å². The minimum Gasteiger partial charge on any atom is -0.423 e. The van der Waals surface area contributed by atoms with Crippen molar-refractivity contribution in [3.05, 3.63) is 35.4 Å². The van der Waals surface area contributed by atoms with Gasteiger partial charge in [-0.15, -0.1) is 0 Å². The number of rotatable bonds is 2. The Kier molecular flexibility index (Phi) is 3.86. The number of likely N-dealkylation sites (tertiary alicyclic amines) is 1. The van der Waals surface area contributed by atoms with Crippen molar-refractivity contribution < 1.29 is 18.8 Å². The predicted octanol–water partition coefficient (Wildman–Crippen LogP) is 2.35. The number of quaternary nitrogens is 1. The van der Waals surface area contributed by atoms with Crippen molar-refractivity contribution in [1.29, 1.82) is 5.26 Å². The summed E-state index contributed by atoms with van der Waals surface area (Å²) in [6.45, 7) is 2.17. The second-order valence-corrected chi connectivity index (χ2v) is 5.09. The molecule has 0 aliphatic carbocycles. The molecule has 0 saturated carbocycles. The fraction of sp³-hybridized carbons (Fsp3) is 0.400. The van der Waals surface area contributed by atoms with Crippen molar-refractivity contribution in [3.63, 3.8) is 0 Å². The minimum atomic E-state index is -0.510. The molecule has 2 amide bonds. The molecule has 1 aromatic carbocycles. The molecule has 5 heteroatoms. The third kappa shape index (κ3) is 2.19. The molecule has 1 aliphatic rings. The van der Waals surface area contributed by atoms with Crippen LogP contribution < -0.4 is 0 Å². The first-order chi connectivity index (χ1) is 9.54. The molecule has 5 nitrogen and oxygen atoms in total. The smallest absolute Gasteiger partial charge is 0.423 e. The zero-order valence-electron chi connectivity index (χ0n) is 11.6. The van der Waals surface area contributed by atoms with Crippen LogP contribution in [0.4, 0.5) is 4.79 Å². The Morgan fingerprint density at radius 3 is 2.55 bits per heavy atom. The lowest BCUT2D eigenvalue weighted by atomic mass is 10.1. The molecule has 1 unspecified atom stereocenters. The lowest BCUT2D eigenvalue weighted by Crippen LogP contribution is -2.57. The van der Waals surface area contributed by atoms with Crippen LogP contribution in [0, 0.1) is 11.3 Å². The third-order valence-corrected chi connectivity index (χ3v) is 3.99. The van der Waals surface area contributed by atoms with Gasteiger partial charge in [0.15, 0.2) is 0 Å². The maximum atomic E-state index is 12.3. The number of carbonyl (C=O) groups is 2. The zero-order valence-corrected chi connectivity index (χ0v) is 11.6. The summed E-state index contributed by atoms with van der Waals surface area (Å²) in [5, 5.41) is 8.79. The summed E-state index contributed by atoms with van der Waals surface area (Å²) in [6.07, 6.45) is 0.570. The van der Waals surface area contributed by atoms with Crippen LogP contribution in [0.15, 0.2) is 24.3 Å². The molecular weight excluding hydrogens is 256 g/mol. The molecule has 0 spiro atoms. The maximum absolute atomic E-state index is 12.3. The highest BCUT2D eigenvalue weighted by Crippen LogP contribution is 2.32. The highest BCUT2D eigenvalue weighted by Gasteiger charge is 2.54. The Morgan fingerprint density at radius 2 is 2.10 bits per heavy atom. The number of nitrogens with zero attached hydrogens (tertiary/aromatic N) is 2. The van der Waals surface area contributed by atoms with E-state index in [1.807, 2.05) is 13.0 Å². The predicted molar refractivity (Wildman–Crippen MR) is 71.2 cm³/mol. The Hall–Kier alpha value is -2.19. The van der Waals surface area contributed by atoms with Gasteiger partial charge in [0.25, 0.3) is 0 Å². The van der Waals surface area contributed by atoms with E-state index in [-0.39, 0.29) is 23.0 Å². The first-order valence-electron chi connectivity index (χ1n) is 6.53. The monoisotopic (exact) mass is 273 g/mol.